The van der Waals surface area contributed by atoms with Crippen LogP contribution in [0.4, 0.5) is 0 Å². The van der Waals surface area contributed by atoms with Gasteiger partial charge in [-0.25, -0.2) is 4.79 Å². The summed E-state index contributed by atoms with van der Waals surface area (Å²) in [4.78, 5) is 23.0. The lowest BCUT2D eigenvalue weighted by Crippen LogP contribution is -2.32. The molecule has 0 aliphatic heterocycles. The third-order valence-electron chi connectivity index (χ3n) is 4.51. The van der Waals surface area contributed by atoms with E-state index in [1.54, 1.807) is 0 Å². The quantitative estimate of drug-likeness (QED) is 0.312. The predicted octanol–water partition coefficient (Wildman–Crippen LogP) is 3.93. The van der Waals surface area contributed by atoms with Crippen molar-refractivity contribution in [1.82, 2.24) is 0 Å². The van der Waals surface area contributed by atoms with Crippen LogP contribution in [-0.4, -0.2) is 34.9 Å². The van der Waals surface area contributed by atoms with Gasteiger partial charge in [-0.3, -0.25) is 4.79 Å². The van der Waals surface area contributed by atoms with Crippen LogP contribution in [0.3, 0.4) is 0 Å². The molecule has 0 aliphatic rings. The van der Waals surface area contributed by atoms with Gasteiger partial charge in [-0.2, -0.15) is 0 Å². The molecule has 0 rings (SSSR count). The van der Waals surface area contributed by atoms with Gasteiger partial charge in [0.2, 0.25) is 0 Å². The Labute approximate surface area is 146 Å². The zero-order valence-corrected chi connectivity index (χ0v) is 15.7. The average molecular weight is 342 g/mol. The number of hydrogen-bond donors (Lipinski definition) is 1. The van der Waals surface area contributed by atoms with Crippen molar-refractivity contribution in [3.8, 4) is 0 Å². The highest BCUT2D eigenvalue weighted by molar-refractivity contribution is 5.81. The lowest BCUT2D eigenvalue weighted by Gasteiger charge is -2.28. The molecule has 5 heteroatoms. The average Bonchev–Trinajstić information content (AvgIpc) is 2.54. The third kappa shape index (κ3) is 10.4. The SMILES string of the molecule is C=CC(=O)OCCC(C)(CC)OC(=O)CCCCCC(C)(O)CC. The number of esters is 2. The first kappa shape index (κ1) is 22.6. The van der Waals surface area contributed by atoms with Crippen LogP contribution in [0.15, 0.2) is 12.7 Å². The van der Waals surface area contributed by atoms with Gasteiger partial charge in [-0.15, -0.1) is 0 Å². The minimum Gasteiger partial charge on any atom is -0.462 e. The number of carbonyl (C=O) groups excluding carboxylic acids is 2. The Morgan fingerprint density at radius 2 is 1.75 bits per heavy atom. The zero-order valence-electron chi connectivity index (χ0n) is 15.7. The van der Waals surface area contributed by atoms with Gasteiger partial charge in [0.05, 0.1) is 12.2 Å². The molecule has 0 saturated heterocycles. The fourth-order valence-electron chi connectivity index (χ4n) is 2.18. The van der Waals surface area contributed by atoms with Gasteiger partial charge < -0.3 is 14.6 Å². The van der Waals surface area contributed by atoms with E-state index in [1.165, 1.54) is 0 Å². The summed E-state index contributed by atoms with van der Waals surface area (Å²) in [5, 5.41) is 9.92. The first-order chi connectivity index (χ1) is 11.2. The van der Waals surface area contributed by atoms with Gasteiger partial charge in [0.1, 0.15) is 5.60 Å². The summed E-state index contributed by atoms with van der Waals surface area (Å²) in [5.41, 5.74) is -1.23. The van der Waals surface area contributed by atoms with Gasteiger partial charge in [0.15, 0.2) is 0 Å². The van der Waals surface area contributed by atoms with Crippen molar-refractivity contribution in [2.45, 2.75) is 90.3 Å². The molecule has 0 fully saturated rings. The van der Waals surface area contributed by atoms with Crippen molar-refractivity contribution < 1.29 is 24.2 Å². The Morgan fingerprint density at radius 3 is 2.29 bits per heavy atom. The third-order valence-corrected chi connectivity index (χ3v) is 4.51. The Morgan fingerprint density at radius 1 is 1.08 bits per heavy atom. The van der Waals surface area contributed by atoms with Crippen molar-refractivity contribution in [1.29, 1.82) is 0 Å². The highest BCUT2D eigenvalue weighted by atomic mass is 16.6. The Hall–Kier alpha value is -1.36. The second kappa shape index (κ2) is 11.2. The summed E-state index contributed by atoms with van der Waals surface area (Å²) < 4.78 is 10.5. The summed E-state index contributed by atoms with van der Waals surface area (Å²) in [6.45, 7) is 11.1. The lowest BCUT2D eigenvalue weighted by molar-refractivity contribution is -0.161. The molecule has 24 heavy (non-hydrogen) atoms. The maximum Gasteiger partial charge on any atom is 0.330 e. The molecule has 140 valence electrons. The van der Waals surface area contributed by atoms with E-state index in [0.717, 1.165) is 38.2 Å². The number of unbranched alkanes of at least 4 members (excludes halogenated alkanes) is 2. The van der Waals surface area contributed by atoms with E-state index in [1.807, 2.05) is 27.7 Å². The molecule has 2 atom stereocenters. The molecule has 0 bridgehead atoms. The van der Waals surface area contributed by atoms with E-state index in [9.17, 15) is 14.7 Å². The monoisotopic (exact) mass is 342 g/mol. The molecular formula is C19H34O5. The maximum atomic E-state index is 12.0. The van der Waals surface area contributed by atoms with Crippen LogP contribution in [0.5, 0.6) is 0 Å². The van der Waals surface area contributed by atoms with Crippen LogP contribution >= 0.6 is 0 Å². The van der Waals surface area contributed by atoms with Crippen molar-refractivity contribution >= 4 is 11.9 Å². The second-order valence-electron chi connectivity index (χ2n) is 6.81. The molecule has 2 unspecified atom stereocenters. The van der Waals surface area contributed by atoms with Gasteiger partial charge in [-0.1, -0.05) is 33.3 Å². The summed E-state index contributed by atoms with van der Waals surface area (Å²) in [6.07, 6.45) is 6.64. The van der Waals surface area contributed by atoms with Crippen LogP contribution in [0.2, 0.25) is 0 Å². The zero-order chi connectivity index (χ0) is 18.6. The summed E-state index contributed by atoms with van der Waals surface area (Å²) in [5.74, 6) is -0.695. The second-order valence-corrected chi connectivity index (χ2v) is 6.81. The first-order valence-corrected chi connectivity index (χ1v) is 8.91. The number of ether oxygens (including phenoxy) is 2. The van der Waals surface area contributed by atoms with Gasteiger partial charge in [0, 0.05) is 18.9 Å². The maximum absolute atomic E-state index is 12.0. The predicted molar refractivity (Wildman–Crippen MR) is 94.6 cm³/mol. The molecule has 0 radical (unpaired) electrons. The minimum absolute atomic E-state index is 0.203. The standard InChI is InChI=1S/C19H34O5/c1-6-16(20)23-15-14-19(5,8-3)24-17(21)12-10-9-11-13-18(4,22)7-2/h6,22H,1,7-15H2,2-5H3. The molecule has 0 aromatic rings. The van der Waals surface area contributed by atoms with E-state index in [0.29, 0.717) is 19.3 Å². The first-order valence-electron chi connectivity index (χ1n) is 8.91. The largest absolute Gasteiger partial charge is 0.462 e. The van der Waals surface area contributed by atoms with E-state index >= 15 is 0 Å². The van der Waals surface area contributed by atoms with E-state index in [2.05, 4.69) is 6.58 Å². The Kier molecular flexibility index (Phi) is 10.6. The molecule has 0 saturated carbocycles. The highest BCUT2D eigenvalue weighted by Crippen LogP contribution is 2.22. The van der Waals surface area contributed by atoms with Crippen LogP contribution in [0.25, 0.3) is 0 Å². The molecule has 0 aromatic carbocycles. The summed E-state index contributed by atoms with van der Waals surface area (Å²) in [6, 6.07) is 0. The normalized spacial score (nSPS) is 15.9. The smallest absolute Gasteiger partial charge is 0.330 e. The highest BCUT2D eigenvalue weighted by Gasteiger charge is 2.27. The molecule has 0 spiro atoms. The van der Waals surface area contributed by atoms with Crippen molar-refractivity contribution in [3.05, 3.63) is 12.7 Å². The molecule has 0 aliphatic carbocycles. The van der Waals surface area contributed by atoms with Gasteiger partial charge in [-0.05, 0) is 39.5 Å². The molecule has 0 heterocycles. The van der Waals surface area contributed by atoms with Gasteiger partial charge in [0.25, 0.3) is 0 Å². The number of aliphatic hydroxyl groups is 1. The van der Waals surface area contributed by atoms with Crippen LogP contribution in [0, 0.1) is 0 Å². The topological polar surface area (TPSA) is 72.8 Å². The molecule has 5 nitrogen and oxygen atoms in total. The van der Waals surface area contributed by atoms with Crippen LogP contribution in [-0.2, 0) is 19.1 Å². The molecular weight excluding hydrogens is 308 g/mol. The van der Waals surface area contributed by atoms with Crippen molar-refractivity contribution in [2.24, 2.45) is 0 Å². The fourth-order valence-corrected chi connectivity index (χ4v) is 2.18. The van der Waals surface area contributed by atoms with Crippen LogP contribution < -0.4 is 0 Å². The number of rotatable bonds is 13. The lowest BCUT2D eigenvalue weighted by atomic mass is 9.95. The van der Waals surface area contributed by atoms with Gasteiger partial charge >= 0.3 is 11.9 Å². The summed E-state index contributed by atoms with van der Waals surface area (Å²) >= 11 is 0. The number of carbonyl (C=O) groups is 2. The van der Waals surface area contributed by atoms with Crippen molar-refractivity contribution in [3.63, 3.8) is 0 Å². The Balaban J connectivity index is 4.04. The van der Waals surface area contributed by atoms with Crippen molar-refractivity contribution in [2.75, 3.05) is 6.61 Å². The number of hydrogen-bond acceptors (Lipinski definition) is 5. The fraction of sp³-hybridized carbons (Fsp3) is 0.789. The molecule has 0 aromatic heterocycles. The molecule has 1 N–H and O–H groups in total. The minimum atomic E-state index is -0.621. The van der Waals surface area contributed by atoms with Crippen LogP contribution in [0.1, 0.15) is 79.1 Å². The molecule has 0 amide bonds. The van der Waals surface area contributed by atoms with E-state index in [4.69, 9.17) is 9.47 Å². The van der Waals surface area contributed by atoms with E-state index < -0.39 is 17.2 Å². The summed E-state index contributed by atoms with van der Waals surface area (Å²) in [7, 11) is 0. The van der Waals surface area contributed by atoms with E-state index in [-0.39, 0.29) is 12.6 Å². The Bertz CT molecular complexity index is 403.